The summed E-state index contributed by atoms with van der Waals surface area (Å²) in [5, 5.41) is 0. The van der Waals surface area contributed by atoms with Crippen LogP contribution in [-0.2, 0) is 10.0 Å². The Hall–Kier alpha value is -1.27. The molecule has 96 valence electrons. The van der Waals surface area contributed by atoms with Crippen molar-refractivity contribution in [3.05, 3.63) is 18.2 Å². The van der Waals surface area contributed by atoms with Crippen LogP contribution in [-0.4, -0.2) is 33.4 Å². The Labute approximate surface area is 102 Å². The highest BCUT2D eigenvalue weighted by Crippen LogP contribution is 2.26. The Morgan fingerprint density at radius 2 is 2.06 bits per heavy atom. The van der Waals surface area contributed by atoms with Gasteiger partial charge in [-0.25, -0.2) is 12.7 Å². The quantitative estimate of drug-likeness (QED) is 0.808. The van der Waals surface area contributed by atoms with Crippen molar-refractivity contribution >= 4 is 15.7 Å². The predicted molar refractivity (Wildman–Crippen MR) is 67.5 cm³/mol. The first kappa shape index (κ1) is 13.8. The molecule has 17 heavy (non-hydrogen) atoms. The van der Waals surface area contributed by atoms with E-state index in [1.54, 1.807) is 7.05 Å². The van der Waals surface area contributed by atoms with Crippen molar-refractivity contribution in [1.82, 2.24) is 4.31 Å². The van der Waals surface area contributed by atoms with Crippen molar-refractivity contribution in [2.75, 3.05) is 26.4 Å². The van der Waals surface area contributed by atoms with E-state index in [1.807, 2.05) is 6.92 Å². The van der Waals surface area contributed by atoms with Gasteiger partial charge in [0.1, 0.15) is 5.75 Å². The lowest BCUT2D eigenvalue weighted by atomic mass is 10.3. The summed E-state index contributed by atoms with van der Waals surface area (Å²) in [5.41, 5.74) is 6.07. The molecule has 1 aromatic carbocycles. The molecule has 6 heteroatoms. The van der Waals surface area contributed by atoms with Crippen LogP contribution >= 0.6 is 0 Å². The lowest BCUT2D eigenvalue weighted by Gasteiger charge is -2.17. The minimum atomic E-state index is -3.45. The first-order valence-electron chi connectivity index (χ1n) is 5.33. The maximum atomic E-state index is 12.1. The molecule has 0 saturated heterocycles. The van der Waals surface area contributed by atoms with Crippen LogP contribution < -0.4 is 10.5 Å². The summed E-state index contributed by atoms with van der Waals surface area (Å²) < 4.78 is 30.6. The minimum absolute atomic E-state index is 0.194. The maximum Gasteiger partial charge on any atom is 0.242 e. The molecule has 0 spiro atoms. The molecule has 0 aliphatic carbocycles. The van der Waals surface area contributed by atoms with Crippen LogP contribution in [0.1, 0.15) is 13.3 Å². The van der Waals surface area contributed by atoms with E-state index in [0.29, 0.717) is 18.0 Å². The molecule has 1 aromatic rings. The van der Waals surface area contributed by atoms with E-state index >= 15 is 0 Å². The summed E-state index contributed by atoms with van der Waals surface area (Å²) in [4.78, 5) is 0.194. The normalized spacial score (nSPS) is 11.8. The molecule has 0 amide bonds. The second kappa shape index (κ2) is 5.37. The largest absolute Gasteiger partial charge is 0.495 e. The monoisotopic (exact) mass is 258 g/mol. The number of nitrogens with zero attached hydrogens (tertiary/aromatic N) is 1. The standard InChI is InChI=1S/C11H18N2O3S/c1-4-7-13(2)17(14,15)9-5-6-10(12)11(8-9)16-3/h5-6,8H,4,7,12H2,1-3H3. The molecular weight excluding hydrogens is 240 g/mol. The second-order valence-electron chi connectivity index (χ2n) is 3.73. The van der Waals surface area contributed by atoms with Gasteiger partial charge in [0.25, 0.3) is 0 Å². The van der Waals surface area contributed by atoms with Crippen molar-refractivity contribution in [3.63, 3.8) is 0 Å². The molecule has 0 atom stereocenters. The number of benzene rings is 1. The predicted octanol–water partition coefficient (Wildman–Crippen LogP) is 1.31. The highest BCUT2D eigenvalue weighted by atomic mass is 32.2. The maximum absolute atomic E-state index is 12.1. The first-order valence-corrected chi connectivity index (χ1v) is 6.77. The number of sulfonamides is 1. The Morgan fingerprint density at radius 3 is 2.59 bits per heavy atom. The summed E-state index contributed by atoms with van der Waals surface area (Å²) in [6.45, 7) is 2.41. The Balaban J connectivity index is 3.15. The first-order chi connectivity index (χ1) is 7.93. The molecular formula is C11H18N2O3S. The number of methoxy groups -OCH3 is 1. The van der Waals surface area contributed by atoms with Crippen LogP contribution in [0.3, 0.4) is 0 Å². The van der Waals surface area contributed by atoms with Crippen LogP contribution in [0.15, 0.2) is 23.1 Å². The molecule has 0 fully saturated rings. The van der Waals surface area contributed by atoms with Gasteiger partial charge in [-0.3, -0.25) is 0 Å². The van der Waals surface area contributed by atoms with Crippen molar-refractivity contribution in [3.8, 4) is 5.75 Å². The number of nitrogen functional groups attached to an aromatic ring is 1. The van der Waals surface area contributed by atoms with Crippen LogP contribution in [0.2, 0.25) is 0 Å². The van der Waals surface area contributed by atoms with E-state index in [0.717, 1.165) is 6.42 Å². The molecule has 0 aliphatic rings. The van der Waals surface area contributed by atoms with Gasteiger partial charge in [-0.05, 0) is 18.6 Å². The molecule has 0 saturated carbocycles. The Morgan fingerprint density at radius 1 is 1.41 bits per heavy atom. The minimum Gasteiger partial charge on any atom is -0.495 e. The van der Waals surface area contributed by atoms with Gasteiger partial charge in [0.2, 0.25) is 10.0 Å². The van der Waals surface area contributed by atoms with E-state index < -0.39 is 10.0 Å². The van der Waals surface area contributed by atoms with Crippen molar-refractivity contribution < 1.29 is 13.2 Å². The van der Waals surface area contributed by atoms with Crippen molar-refractivity contribution in [2.45, 2.75) is 18.2 Å². The highest BCUT2D eigenvalue weighted by molar-refractivity contribution is 7.89. The van der Waals surface area contributed by atoms with Gasteiger partial charge in [0, 0.05) is 19.7 Å². The Bertz CT molecular complexity index is 485. The van der Waals surface area contributed by atoms with Crippen molar-refractivity contribution in [1.29, 1.82) is 0 Å². The summed E-state index contributed by atoms with van der Waals surface area (Å²) in [7, 11) is -0.439. The van der Waals surface area contributed by atoms with Gasteiger partial charge in [0.05, 0.1) is 17.7 Å². The van der Waals surface area contributed by atoms with Gasteiger partial charge in [-0.15, -0.1) is 0 Å². The summed E-state index contributed by atoms with van der Waals surface area (Å²) in [6.07, 6.45) is 0.766. The number of rotatable bonds is 5. The molecule has 0 radical (unpaired) electrons. The van der Waals surface area contributed by atoms with Crippen molar-refractivity contribution in [2.24, 2.45) is 0 Å². The Kier molecular flexibility index (Phi) is 4.36. The van der Waals surface area contributed by atoms with E-state index in [1.165, 1.54) is 29.6 Å². The molecule has 5 nitrogen and oxygen atoms in total. The van der Waals surface area contributed by atoms with Gasteiger partial charge >= 0.3 is 0 Å². The number of ether oxygens (including phenoxy) is 1. The summed E-state index contributed by atoms with van der Waals surface area (Å²) in [6, 6.07) is 4.46. The third kappa shape index (κ3) is 2.89. The molecule has 0 aliphatic heterocycles. The average Bonchev–Trinajstić information content (AvgIpc) is 2.29. The molecule has 0 bridgehead atoms. The zero-order chi connectivity index (χ0) is 13.1. The second-order valence-corrected chi connectivity index (χ2v) is 5.78. The molecule has 2 N–H and O–H groups in total. The SMILES string of the molecule is CCCN(C)S(=O)(=O)c1ccc(N)c(OC)c1. The number of anilines is 1. The highest BCUT2D eigenvalue weighted by Gasteiger charge is 2.20. The van der Waals surface area contributed by atoms with Gasteiger partial charge in [-0.1, -0.05) is 6.92 Å². The topological polar surface area (TPSA) is 72.6 Å². The fourth-order valence-corrected chi connectivity index (χ4v) is 2.75. The zero-order valence-electron chi connectivity index (χ0n) is 10.3. The zero-order valence-corrected chi connectivity index (χ0v) is 11.1. The van der Waals surface area contributed by atoms with Crippen LogP contribution in [0, 0.1) is 0 Å². The van der Waals surface area contributed by atoms with E-state index in [2.05, 4.69) is 0 Å². The number of hydrogen-bond donors (Lipinski definition) is 1. The van der Waals surface area contributed by atoms with E-state index in [-0.39, 0.29) is 4.90 Å². The third-order valence-electron chi connectivity index (χ3n) is 2.45. The number of hydrogen-bond acceptors (Lipinski definition) is 4. The third-order valence-corrected chi connectivity index (χ3v) is 4.30. The fraction of sp³-hybridized carbons (Fsp3) is 0.455. The molecule has 1 rings (SSSR count). The summed E-state index contributed by atoms with van der Waals surface area (Å²) >= 11 is 0. The van der Waals surface area contributed by atoms with Gasteiger partial charge in [-0.2, -0.15) is 0 Å². The lowest BCUT2D eigenvalue weighted by molar-refractivity contribution is 0.415. The van der Waals surface area contributed by atoms with Crippen LogP contribution in [0.5, 0.6) is 5.75 Å². The average molecular weight is 258 g/mol. The summed E-state index contributed by atoms with van der Waals surface area (Å²) in [5.74, 6) is 0.371. The number of nitrogens with two attached hydrogens (primary N) is 1. The molecule has 0 aromatic heterocycles. The fourth-order valence-electron chi connectivity index (χ4n) is 1.47. The van der Waals surface area contributed by atoms with E-state index in [4.69, 9.17) is 10.5 Å². The van der Waals surface area contributed by atoms with Crippen LogP contribution in [0.25, 0.3) is 0 Å². The lowest BCUT2D eigenvalue weighted by Crippen LogP contribution is -2.27. The van der Waals surface area contributed by atoms with Crippen LogP contribution in [0.4, 0.5) is 5.69 Å². The molecule has 0 heterocycles. The molecule has 0 unspecified atom stereocenters. The van der Waals surface area contributed by atoms with Gasteiger partial charge < -0.3 is 10.5 Å². The van der Waals surface area contributed by atoms with Gasteiger partial charge in [0.15, 0.2) is 0 Å². The van der Waals surface area contributed by atoms with E-state index in [9.17, 15) is 8.42 Å². The smallest absolute Gasteiger partial charge is 0.242 e.